The number of carbonyl (C=O) groups excluding carboxylic acids is 1. The van der Waals surface area contributed by atoms with E-state index < -0.39 is 12.0 Å². The summed E-state index contributed by atoms with van der Waals surface area (Å²) in [7, 11) is 0. The second-order valence-corrected chi connectivity index (χ2v) is 5.54. The molecule has 106 valence electrons. The van der Waals surface area contributed by atoms with Crippen molar-refractivity contribution in [3.05, 3.63) is 24.0 Å². The van der Waals surface area contributed by atoms with Crippen LogP contribution in [0.4, 0.5) is 5.69 Å². The lowest BCUT2D eigenvalue weighted by Crippen LogP contribution is -2.43. The van der Waals surface area contributed by atoms with Crippen molar-refractivity contribution in [1.82, 2.24) is 9.88 Å². The Bertz CT molecular complexity index is 560. The van der Waals surface area contributed by atoms with Crippen LogP contribution in [0.5, 0.6) is 0 Å². The molecular weight excluding hydrogens is 258 g/mol. The van der Waals surface area contributed by atoms with E-state index >= 15 is 0 Å². The van der Waals surface area contributed by atoms with Crippen LogP contribution in [-0.4, -0.2) is 39.5 Å². The topological polar surface area (TPSA) is 96.5 Å². The number of hydrogen-bond acceptors (Lipinski definition) is 4. The predicted octanol–water partition coefficient (Wildman–Crippen LogP) is 0.989. The number of carbonyl (C=O) groups is 2. The first-order valence-corrected chi connectivity index (χ1v) is 6.84. The maximum Gasteiger partial charge on any atom is 0.326 e. The SMILES string of the molecule is Nc1cccnc1C(=O)N1CC2CCCC2C1C(=O)O. The van der Waals surface area contributed by atoms with Crippen LogP contribution in [0, 0.1) is 11.8 Å². The highest BCUT2D eigenvalue weighted by Crippen LogP contribution is 2.42. The van der Waals surface area contributed by atoms with E-state index in [1.54, 1.807) is 12.1 Å². The summed E-state index contributed by atoms with van der Waals surface area (Å²) in [6.07, 6.45) is 4.42. The van der Waals surface area contributed by atoms with Gasteiger partial charge in [0.25, 0.3) is 5.91 Å². The number of hydrogen-bond donors (Lipinski definition) is 2. The van der Waals surface area contributed by atoms with Gasteiger partial charge in [0.15, 0.2) is 5.69 Å². The van der Waals surface area contributed by atoms with Gasteiger partial charge in [-0.3, -0.25) is 4.79 Å². The molecule has 3 N–H and O–H groups in total. The smallest absolute Gasteiger partial charge is 0.326 e. The minimum Gasteiger partial charge on any atom is -0.480 e. The van der Waals surface area contributed by atoms with Gasteiger partial charge in [0.05, 0.1) is 5.69 Å². The number of nitrogens with zero attached hydrogens (tertiary/aromatic N) is 2. The second-order valence-electron chi connectivity index (χ2n) is 5.54. The number of nitrogen functional groups attached to an aromatic ring is 1. The number of aromatic nitrogens is 1. The van der Waals surface area contributed by atoms with E-state index in [0.717, 1.165) is 19.3 Å². The number of anilines is 1. The van der Waals surface area contributed by atoms with Gasteiger partial charge in [0.1, 0.15) is 6.04 Å². The summed E-state index contributed by atoms with van der Waals surface area (Å²) in [5.74, 6) is -0.932. The van der Waals surface area contributed by atoms with Crippen LogP contribution in [0.3, 0.4) is 0 Å². The molecule has 0 bridgehead atoms. The molecule has 0 radical (unpaired) electrons. The third-order valence-corrected chi connectivity index (χ3v) is 4.45. The Morgan fingerprint density at radius 3 is 2.90 bits per heavy atom. The molecule has 20 heavy (non-hydrogen) atoms. The molecule has 1 aliphatic heterocycles. The van der Waals surface area contributed by atoms with Crippen molar-refractivity contribution in [2.75, 3.05) is 12.3 Å². The minimum absolute atomic E-state index is 0.0707. The first kappa shape index (κ1) is 12.9. The van der Waals surface area contributed by atoms with E-state index in [2.05, 4.69) is 4.98 Å². The molecule has 1 saturated heterocycles. The van der Waals surface area contributed by atoms with Crippen molar-refractivity contribution >= 4 is 17.6 Å². The Balaban J connectivity index is 1.91. The van der Waals surface area contributed by atoms with Crippen LogP contribution in [0.2, 0.25) is 0 Å². The molecule has 0 aromatic carbocycles. The molecule has 3 atom stereocenters. The Labute approximate surface area is 116 Å². The van der Waals surface area contributed by atoms with Crippen LogP contribution in [0.15, 0.2) is 18.3 Å². The van der Waals surface area contributed by atoms with Crippen molar-refractivity contribution in [2.24, 2.45) is 11.8 Å². The van der Waals surface area contributed by atoms with Gasteiger partial charge in [-0.25, -0.2) is 9.78 Å². The summed E-state index contributed by atoms with van der Waals surface area (Å²) < 4.78 is 0. The summed E-state index contributed by atoms with van der Waals surface area (Å²) in [6.45, 7) is 0.497. The zero-order valence-corrected chi connectivity index (χ0v) is 11.0. The van der Waals surface area contributed by atoms with Crippen molar-refractivity contribution in [3.63, 3.8) is 0 Å². The van der Waals surface area contributed by atoms with E-state index in [0.29, 0.717) is 18.2 Å². The van der Waals surface area contributed by atoms with Gasteiger partial charge in [-0.1, -0.05) is 6.42 Å². The average molecular weight is 275 g/mol. The zero-order valence-electron chi connectivity index (χ0n) is 11.0. The predicted molar refractivity (Wildman–Crippen MR) is 71.9 cm³/mol. The summed E-state index contributed by atoms with van der Waals surface area (Å²) in [6, 6.07) is 2.52. The Hall–Kier alpha value is -2.11. The molecule has 1 aromatic heterocycles. The van der Waals surface area contributed by atoms with E-state index in [1.807, 2.05) is 0 Å². The first-order valence-electron chi connectivity index (χ1n) is 6.84. The Morgan fingerprint density at radius 1 is 1.40 bits per heavy atom. The summed E-state index contributed by atoms with van der Waals surface area (Å²) in [5.41, 5.74) is 6.21. The molecule has 3 unspecified atom stereocenters. The molecule has 0 spiro atoms. The number of amides is 1. The van der Waals surface area contributed by atoms with Crippen LogP contribution in [0.25, 0.3) is 0 Å². The monoisotopic (exact) mass is 275 g/mol. The van der Waals surface area contributed by atoms with E-state index in [9.17, 15) is 14.7 Å². The molecule has 2 fully saturated rings. The number of pyridine rings is 1. The van der Waals surface area contributed by atoms with Crippen LogP contribution >= 0.6 is 0 Å². The third-order valence-electron chi connectivity index (χ3n) is 4.45. The number of carboxylic acids is 1. The number of aliphatic carboxylic acids is 1. The Morgan fingerprint density at radius 2 is 2.20 bits per heavy atom. The Kier molecular flexibility index (Phi) is 3.08. The average Bonchev–Trinajstić information content (AvgIpc) is 2.97. The largest absolute Gasteiger partial charge is 0.480 e. The molecule has 1 aromatic rings. The standard InChI is InChI=1S/C14H17N3O3/c15-10-5-2-6-16-11(10)13(18)17-7-8-3-1-4-9(8)12(17)14(19)20/h2,5-6,8-9,12H,1,3-4,7,15H2,(H,19,20). The molecule has 1 saturated carbocycles. The van der Waals surface area contributed by atoms with E-state index in [1.165, 1.54) is 11.1 Å². The van der Waals surface area contributed by atoms with Gasteiger partial charge in [-0.15, -0.1) is 0 Å². The molecule has 6 heteroatoms. The lowest BCUT2D eigenvalue weighted by molar-refractivity contribution is -0.142. The second kappa shape index (κ2) is 4.77. The van der Waals surface area contributed by atoms with Gasteiger partial charge >= 0.3 is 5.97 Å². The van der Waals surface area contributed by atoms with Gasteiger partial charge in [0, 0.05) is 12.7 Å². The summed E-state index contributed by atoms with van der Waals surface area (Å²) >= 11 is 0. The number of nitrogens with two attached hydrogens (primary N) is 1. The maximum atomic E-state index is 12.5. The quantitative estimate of drug-likeness (QED) is 0.839. The fourth-order valence-corrected chi connectivity index (χ4v) is 3.56. The molecular formula is C14H17N3O3. The van der Waals surface area contributed by atoms with Crippen molar-refractivity contribution in [3.8, 4) is 0 Å². The van der Waals surface area contributed by atoms with Gasteiger partial charge in [-0.2, -0.15) is 0 Å². The maximum absolute atomic E-state index is 12.5. The normalized spacial score (nSPS) is 28.4. The van der Waals surface area contributed by atoms with Crippen molar-refractivity contribution < 1.29 is 14.7 Å². The summed E-state index contributed by atoms with van der Waals surface area (Å²) in [5, 5.41) is 9.45. The zero-order chi connectivity index (χ0) is 14.3. The number of carboxylic acid groups (broad SMARTS) is 1. The van der Waals surface area contributed by atoms with Crippen LogP contribution in [0.1, 0.15) is 29.8 Å². The fraction of sp³-hybridized carbons (Fsp3) is 0.500. The van der Waals surface area contributed by atoms with Crippen molar-refractivity contribution in [2.45, 2.75) is 25.3 Å². The third kappa shape index (κ3) is 1.92. The van der Waals surface area contributed by atoms with Gasteiger partial charge < -0.3 is 15.7 Å². The van der Waals surface area contributed by atoms with E-state index in [-0.39, 0.29) is 17.5 Å². The van der Waals surface area contributed by atoms with Crippen LogP contribution < -0.4 is 5.73 Å². The van der Waals surface area contributed by atoms with E-state index in [4.69, 9.17) is 5.73 Å². The highest BCUT2D eigenvalue weighted by atomic mass is 16.4. The van der Waals surface area contributed by atoms with Crippen LogP contribution in [-0.2, 0) is 4.79 Å². The minimum atomic E-state index is -0.928. The fourth-order valence-electron chi connectivity index (χ4n) is 3.56. The first-order chi connectivity index (χ1) is 9.59. The molecule has 2 aliphatic rings. The lowest BCUT2D eigenvalue weighted by atomic mass is 9.94. The lowest BCUT2D eigenvalue weighted by Gasteiger charge is -2.24. The molecule has 2 heterocycles. The number of fused-ring (bicyclic) bond motifs is 1. The van der Waals surface area contributed by atoms with Gasteiger partial charge in [-0.05, 0) is 36.8 Å². The highest BCUT2D eigenvalue weighted by molar-refractivity contribution is 5.99. The highest BCUT2D eigenvalue weighted by Gasteiger charge is 2.50. The summed E-state index contributed by atoms with van der Waals surface area (Å²) in [4.78, 5) is 29.5. The molecule has 3 rings (SSSR count). The van der Waals surface area contributed by atoms with Gasteiger partial charge in [0.2, 0.25) is 0 Å². The number of likely N-dealkylation sites (tertiary alicyclic amines) is 1. The number of rotatable bonds is 2. The molecule has 1 aliphatic carbocycles. The molecule has 6 nitrogen and oxygen atoms in total. The molecule has 1 amide bonds. The van der Waals surface area contributed by atoms with Crippen molar-refractivity contribution in [1.29, 1.82) is 0 Å².